The lowest BCUT2D eigenvalue weighted by Gasteiger charge is -2.08. The minimum atomic E-state index is -0.112. The molecule has 0 aliphatic rings. The van der Waals surface area contributed by atoms with Gasteiger partial charge in [0.25, 0.3) is 0 Å². The number of para-hydroxylation sites is 1. The first kappa shape index (κ1) is 19.1. The number of benzene rings is 2. The van der Waals surface area contributed by atoms with E-state index < -0.39 is 0 Å². The van der Waals surface area contributed by atoms with Crippen LogP contribution in [0.3, 0.4) is 0 Å². The van der Waals surface area contributed by atoms with Crippen LogP contribution in [0.25, 0.3) is 10.6 Å². The Balaban J connectivity index is 1.72. The van der Waals surface area contributed by atoms with E-state index in [9.17, 15) is 4.79 Å². The number of nitrogens with one attached hydrogen (secondary N) is 1. The largest absolute Gasteiger partial charge is 0.493 e. The Kier molecular flexibility index (Phi) is 6.45. The highest BCUT2D eigenvalue weighted by molar-refractivity contribution is 9.11. The molecule has 0 radical (unpaired) electrons. The fraction of sp³-hybridized carbons (Fsp3) is 0.158. The lowest BCUT2D eigenvalue weighted by molar-refractivity contribution is -0.115. The summed E-state index contributed by atoms with van der Waals surface area (Å²) < 4.78 is 7.40. The SMILES string of the molecule is CCOc1ccccc1-c1nc(CC(=O)Nc2cc(Br)ccc2Br)cs1. The first-order valence-electron chi connectivity index (χ1n) is 7.98. The van der Waals surface area contributed by atoms with Crippen LogP contribution in [0.5, 0.6) is 5.75 Å². The van der Waals surface area contributed by atoms with Crippen LogP contribution in [0.2, 0.25) is 0 Å². The Morgan fingerprint density at radius 1 is 1.23 bits per heavy atom. The molecule has 3 aromatic rings. The lowest BCUT2D eigenvalue weighted by Crippen LogP contribution is -2.15. The van der Waals surface area contributed by atoms with Gasteiger partial charge in [-0.3, -0.25) is 4.79 Å². The van der Waals surface area contributed by atoms with Crippen molar-refractivity contribution in [2.75, 3.05) is 11.9 Å². The summed E-state index contributed by atoms with van der Waals surface area (Å²) in [4.78, 5) is 17.0. The van der Waals surface area contributed by atoms with Crippen molar-refractivity contribution in [3.8, 4) is 16.3 Å². The predicted octanol–water partition coefficient (Wildman–Crippen LogP) is 5.92. The minimum absolute atomic E-state index is 0.112. The number of halogens is 2. The van der Waals surface area contributed by atoms with Crippen LogP contribution < -0.4 is 10.1 Å². The number of ether oxygens (including phenoxy) is 1. The second-order valence-corrected chi connectivity index (χ2v) is 8.05. The van der Waals surface area contributed by atoms with Crippen LogP contribution >= 0.6 is 43.2 Å². The molecule has 0 unspecified atom stereocenters. The fourth-order valence-corrected chi connectivity index (χ4v) is 3.94. The number of thiazole rings is 1. The fourth-order valence-electron chi connectivity index (χ4n) is 2.39. The van der Waals surface area contributed by atoms with Gasteiger partial charge in [-0.05, 0) is 53.2 Å². The van der Waals surface area contributed by atoms with Gasteiger partial charge in [0, 0.05) is 14.3 Å². The third-order valence-electron chi connectivity index (χ3n) is 3.51. The standard InChI is InChI=1S/C19H16Br2N2O2S/c1-2-25-17-6-4-3-5-14(17)19-22-13(11-26-19)10-18(24)23-16-9-12(20)7-8-15(16)21/h3-9,11H,2,10H2,1H3,(H,23,24). The molecule has 0 saturated carbocycles. The van der Waals surface area contributed by atoms with Crippen molar-refractivity contribution in [1.29, 1.82) is 0 Å². The van der Waals surface area contributed by atoms with Crippen LogP contribution in [-0.2, 0) is 11.2 Å². The summed E-state index contributed by atoms with van der Waals surface area (Å²) in [6.07, 6.45) is 0.215. The number of anilines is 1. The number of aromatic nitrogens is 1. The van der Waals surface area contributed by atoms with E-state index in [4.69, 9.17) is 4.74 Å². The van der Waals surface area contributed by atoms with Gasteiger partial charge in [0.15, 0.2) is 0 Å². The van der Waals surface area contributed by atoms with Gasteiger partial charge in [0.1, 0.15) is 10.8 Å². The van der Waals surface area contributed by atoms with Crippen molar-refractivity contribution in [3.05, 3.63) is 62.5 Å². The molecule has 0 saturated heterocycles. The minimum Gasteiger partial charge on any atom is -0.493 e. The van der Waals surface area contributed by atoms with E-state index in [1.54, 1.807) is 0 Å². The molecule has 3 rings (SSSR count). The van der Waals surface area contributed by atoms with Crippen LogP contribution in [0, 0.1) is 0 Å². The maximum absolute atomic E-state index is 12.4. The first-order chi connectivity index (χ1) is 12.6. The third kappa shape index (κ3) is 4.72. The predicted molar refractivity (Wildman–Crippen MR) is 113 cm³/mol. The van der Waals surface area contributed by atoms with E-state index in [0.717, 1.165) is 36.6 Å². The van der Waals surface area contributed by atoms with Gasteiger partial charge in [-0.1, -0.05) is 28.1 Å². The molecule has 26 heavy (non-hydrogen) atoms. The Labute approximate surface area is 172 Å². The number of hydrogen-bond donors (Lipinski definition) is 1. The number of amides is 1. The summed E-state index contributed by atoms with van der Waals surface area (Å²) in [5.41, 5.74) is 2.40. The van der Waals surface area contributed by atoms with Crippen LogP contribution in [0.1, 0.15) is 12.6 Å². The van der Waals surface area contributed by atoms with Gasteiger partial charge in [-0.25, -0.2) is 4.98 Å². The van der Waals surface area contributed by atoms with E-state index in [1.165, 1.54) is 11.3 Å². The summed E-state index contributed by atoms with van der Waals surface area (Å²) in [6.45, 7) is 2.55. The van der Waals surface area contributed by atoms with E-state index in [1.807, 2.05) is 54.8 Å². The first-order valence-corrected chi connectivity index (χ1v) is 10.4. The molecule has 0 aliphatic carbocycles. The molecule has 1 N–H and O–H groups in total. The van der Waals surface area contributed by atoms with Crippen LogP contribution in [0.15, 0.2) is 56.8 Å². The van der Waals surface area contributed by atoms with Gasteiger partial charge in [0.05, 0.1) is 30.0 Å². The summed E-state index contributed by atoms with van der Waals surface area (Å²) in [5.74, 6) is 0.692. The quantitative estimate of drug-likeness (QED) is 0.462. The average Bonchev–Trinajstić information content (AvgIpc) is 3.07. The Bertz CT molecular complexity index is 927. The average molecular weight is 496 g/mol. The molecule has 7 heteroatoms. The molecule has 1 amide bonds. The van der Waals surface area contributed by atoms with Crippen molar-refractivity contribution in [2.24, 2.45) is 0 Å². The molecule has 0 fully saturated rings. The van der Waals surface area contributed by atoms with Gasteiger partial charge < -0.3 is 10.1 Å². The molecule has 1 heterocycles. The number of nitrogens with zero attached hydrogens (tertiary/aromatic N) is 1. The monoisotopic (exact) mass is 494 g/mol. The summed E-state index contributed by atoms with van der Waals surface area (Å²) in [7, 11) is 0. The van der Waals surface area contributed by atoms with E-state index in [0.29, 0.717) is 6.61 Å². The molecule has 1 aromatic heterocycles. The summed E-state index contributed by atoms with van der Waals surface area (Å²) in [5, 5.41) is 5.66. The van der Waals surface area contributed by atoms with E-state index in [-0.39, 0.29) is 12.3 Å². The summed E-state index contributed by atoms with van der Waals surface area (Å²) >= 11 is 8.35. The molecule has 0 aliphatic heterocycles. The topological polar surface area (TPSA) is 51.2 Å². The molecular weight excluding hydrogens is 480 g/mol. The van der Waals surface area contributed by atoms with E-state index in [2.05, 4.69) is 42.2 Å². The highest BCUT2D eigenvalue weighted by Crippen LogP contribution is 2.32. The smallest absolute Gasteiger partial charge is 0.230 e. The number of hydrogen-bond acceptors (Lipinski definition) is 4. The van der Waals surface area contributed by atoms with Gasteiger partial charge in [-0.2, -0.15) is 0 Å². The third-order valence-corrected chi connectivity index (χ3v) is 5.62. The molecule has 0 atom stereocenters. The van der Waals surface area contributed by atoms with Crippen LogP contribution in [-0.4, -0.2) is 17.5 Å². The number of rotatable bonds is 6. The normalized spacial score (nSPS) is 10.6. The maximum Gasteiger partial charge on any atom is 0.230 e. The zero-order valence-corrected chi connectivity index (χ0v) is 17.9. The summed E-state index contributed by atoms with van der Waals surface area (Å²) in [6, 6.07) is 13.4. The zero-order valence-electron chi connectivity index (χ0n) is 14.0. The van der Waals surface area contributed by atoms with Crippen molar-refractivity contribution in [3.63, 3.8) is 0 Å². The van der Waals surface area contributed by atoms with Crippen molar-refractivity contribution in [1.82, 2.24) is 4.98 Å². The molecular formula is C19H16Br2N2O2S. The Hall–Kier alpha value is -1.70. The molecule has 4 nitrogen and oxygen atoms in total. The lowest BCUT2D eigenvalue weighted by atomic mass is 10.2. The highest BCUT2D eigenvalue weighted by atomic mass is 79.9. The van der Waals surface area contributed by atoms with Crippen molar-refractivity contribution in [2.45, 2.75) is 13.3 Å². The van der Waals surface area contributed by atoms with Gasteiger partial charge in [0.2, 0.25) is 5.91 Å². The maximum atomic E-state index is 12.4. The van der Waals surface area contributed by atoms with E-state index >= 15 is 0 Å². The van der Waals surface area contributed by atoms with Crippen molar-refractivity contribution >= 4 is 54.8 Å². The van der Waals surface area contributed by atoms with Crippen LogP contribution in [0.4, 0.5) is 5.69 Å². The van der Waals surface area contributed by atoms with Gasteiger partial charge >= 0.3 is 0 Å². The molecule has 134 valence electrons. The highest BCUT2D eigenvalue weighted by Gasteiger charge is 2.13. The number of carbonyl (C=O) groups is 1. The molecule has 0 bridgehead atoms. The Morgan fingerprint density at radius 2 is 2.04 bits per heavy atom. The molecule has 2 aromatic carbocycles. The Morgan fingerprint density at radius 3 is 2.85 bits per heavy atom. The van der Waals surface area contributed by atoms with Gasteiger partial charge in [-0.15, -0.1) is 11.3 Å². The number of carbonyl (C=O) groups excluding carboxylic acids is 1. The van der Waals surface area contributed by atoms with Crippen molar-refractivity contribution < 1.29 is 9.53 Å². The second kappa shape index (κ2) is 8.79. The second-order valence-electron chi connectivity index (χ2n) is 5.42. The zero-order chi connectivity index (χ0) is 18.5. The molecule has 0 spiro atoms.